The number of nitrogens with zero attached hydrogens (tertiary/aromatic N) is 2. The number of urea groups is 1. The number of methoxy groups -OCH3 is 1. The van der Waals surface area contributed by atoms with E-state index in [0.717, 1.165) is 25.2 Å². The van der Waals surface area contributed by atoms with Crippen molar-refractivity contribution < 1.29 is 9.53 Å². The molecule has 0 saturated carbocycles. The molecular formula is C13H17N3O2. The summed E-state index contributed by atoms with van der Waals surface area (Å²) < 4.78 is 5.09. The molecule has 0 radical (unpaired) electrons. The number of benzene rings is 1. The van der Waals surface area contributed by atoms with Crippen LogP contribution in [0.3, 0.4) is 0 Å². The van der Waals surface area contributed by atoms with Crippen molar-refractivity contribution in [3.05, 3.63) is 24.3 Å². The molecule has 1 aromatic rings. The lowest BCUT2D eigenvalue weighted by atomic mass is 10.3. The van der Waals surface area contributed by atoms with Crippen LogP contribution in [0.4, 0.5) is 10.5 Å². The molecule has 96 valence electrons. The monoisotopic (exact) mass is 247 g/mol. The van der Waals surface area contributed by atoms with Gasteiger partial charge in [-0.3, -0.25) is 0 Å². The third-order valence-electron chi connectivity index (χ3n) is 2.89. The molecule has 1 aliphatic rings. The number of nitrogens with one attached hydrogen (secondary N) is 1. The van der Waals surface area contributed by atoms with Gasteiger partial charge in [-0.2, -0.15) is 4.99 Å². The number of amides is 2. The number of aliphatic imine (C=N–C) groups is 1. The summed E-state index contributed by atoms with van der Waals surface area (Å²) in [6.45, 7) is 0.964. The topological polar surface area (TPSA) is 53.9 Å². The lowest BCUT2D eigenvalue weighted by Crippen LogP contribution is -2.21. The van der Waals surface area contributed by atoms with Gasteiger partial charge in [-0.1, -0.05) is 6.07 Å². The first-order valence-corrected chi connectivity index (χ1v) is 5.93. The summed E-state index contributed by atoms with van der Waals surface area (Å²) in [5.41, 5.74) is 0.685. The molecule has 1 aromatic carbocycles. The maximum Gasteiger partial charge on any atom is 0.347 e. The van der Waals surface area contributed by atoms with E-state index in [2.05, 4.69) is 10.3 Å². The van der Waals surface area contributed by atoms with Crippen LogP contribution in [0.2, 0.25) is 0 Å². The lowest BCUT2D eigenvalue weighted by Gasteiger charge is -2.10. The highest BCUT2D eigenvalue weighted by atomic mass is 16.5. The molecule has 0 spiro atoms. The molecule has 0 unspecified atom stereocenters. The molecular weight excluding hydrogens is 230 g/mol. The lowest BCUT2D eigenvalue weighted by molar-refractivity contribution is 0.259. The maximum absolute atomic E-state index is 11.7. The molecule has 18 heavy (non-hydrogen) atoms. The Kier molecular flexibility index (Phi) is 3.82. The Morgan fingerprint density at radius 1 is 1.50 bits per heavy atom. The summed E-state index contributed by atoms with van der Waals surface area (Å²) in [5, 5.41) is 2.73. The van der Waals surface area contributed by atoms with Gasteiger partial charge in [-0.15, -0.1) is 0 Å². The molecule has 0 bridgehead atoms. The van der Waals surface area contributed by atoms with E-state index in [9.17, 15) is 4.79 Å². The Morgan fingerprint density at radius 3 is 3.00 bits per heavy atom. The van der Waals surface area contributed by atoms with Crippen LogP contribution >= 0.6 is 0 Å². The molecule has 5 nitrogen and oxygen atoms in total. The predicted octanol–water partition coefficient (Wildman–Crippen LogP) is 2.35. The van der Waals surface area contributed by atoms with Gasteiger partial charge in [-0.25, -0.2) is 4.79 Å². The van der Waals surface area contributed by atoms with Crippen LogP contribution in [-0.2, 0) is 0 Å². The van der Waals surface area contributed by atoms with Crippen molar-refractivity contribution in [2.45, 2.75) is 12.8 Å². The average Bonchev–Trinajstić information content (AvgIpc) is 2.75. The molecule has 0 aliphatic carbocycles. The minimum atomic E-state index is -0.341. The maximum atomic E-state index is 11.7. The van der Waals surface area contributed by atoms with E-state index >= 15 is 0 Å². The SMILES string of the molecule is COc1cccc(NC(=O)/N=C2\CCCN2C)c1. The van der Waals surface area contributed by atoms with Gasteiger partial charge in [0.1, 0.15) is 11.6 Å². The number of anilines is 1. The van der Waals surface area contributed by atoms with E-state index in [1.54, 1.807) is 19.2 Å². The van der Waals surface area contributed by atoms with Gasteiger partial charge in [0, 0.05) is 31.8 Å². The zero-order valence-corrected chi connectivity index (χ0v) is 10.6. The number of carbonyl (C=O) groups excluding carboxylic acids is 1. The fourth-order valence-corrected chi connectivity index (χ4v) is 1.90. The van der Waals surface area contributed by atoms with Crippen LogP contribution in [0.1, 0.15) is 12.8 Å². The highest BCUT2D eigenvalue weighted by Crippen LogP contribution is 2.17. The van der Waals surface area contributed by atoms with E-state index in [0.29, 0.717) is 11.4 Å². The van der Waals surface area contributed by atoms with E-state index in [4.69, 9.17) is 4.74 Å². The van der Waals surface area contributed by atoms with E-state index in [1.807, 2.05) is 24.1 Å². The number of carbonyl (C=O) groups is 1. The minimum Gasteiger partial charge on any atom is -0.497 e. The second-order valence-electron chi connectivity index (χ2n) is 4.22. The third kappa shape index (κ3) is 3.00. The summed E-state index contributed by atoms with van der Waals surface area (Å²) in [7, 11) is 3.54. The fourth-order valence-electron chi connectivity index (χ4n) is 1.90. The molecule has 1 saturated heterocycles. The van der Waals surface area contributed by atoms with Crippen molar-refractivity contribution in [2.75, 3.05) is 26.0 Å². The van der Waals surface area contributed by atoms with E-state index in [1.165, 1.54) is 0 Å². The Morgan fingerprint density at radius 2 is 2.33 bits per heavy atom. The van der Waals surface area contributed by atoms with Crippen LogP contribution in [0.15, 0.2) is 29.3 Å². The van der Waals surface area contributed by atoms with Gasteiger partial charge < -0.3 is 15.0 Å². The highest BCUT2D eigenvalue weighted by molar-refractivity contribution is 6.00. The Balaban J connectivity index is 2.02. The predicted molar refractivity (Wildman–Crippen MR) is 71.3 cm³/mol. The van der Waals surface area contributed by atoms with E-state index < -0.39 is 0 Å². The first-order valence-electron chi connectivity index (χ1n) is 5.93. The first kappa shape index (κ1) is 12.4. The zero-order valence-electron chi connectivity index (χ0n) is 10.6. The summed E-state index contributed by atoms with van der Waals surface area (Å²) in [6.07, 6.45) is 1.92. The number of hydrogen-bond acceptors (Lipinski definition) is 2. The summed E-state index contributed by atoms with van der Waals surface area (Å²) in [4.78, 5) is 17.8. The molecule has 2 amide bonds. The largest absolute Gasteiger partial charge is 0.497 e. The number of amidine groups is 1. The smallest absolute Gasteiger partial charge is 0.347 e. The Bertz CT molecular complexity index is 471. The van der Waals surface area contributed by atoms with Gasteiger partial charge in [0.25, 0.3) is 0 Å². The normalized spacial score (nSPS) is 17.0. The quantitative estimate of drug-likeness (QED) is 0.872. The highest BCUT2D eigenvalue weighted by Gasteiger charge is 2.15. The molecule has 0 atom stereocenters. The van der Waals surface area contributed by atoms with Gasteiger partial charge in [-0.05, 0) is 18.6 Å². The average molecular weight is 247 g/mol. The minimum absolute atomic E-state index is 0.341. The number of hydrogen-bond donors (Lipinski definition) is 1. The molecule has 1 fully saturated rings. The van der Waals surface area contributed by atoms with Crippen LogP contribution < -0.4 is 10.1 Å². The van der Waals surface area contributed by atoms with Crippen molar-refractivity contribution in [3.8, 4) is 5.75 Å². The van der Waals surface area contributed by atoms with Crippen molar-refractivity contribution in [1.82, 2.24) is 4.90 Å². The molecule has 0 aromatic heterocycles. The number of ether oxygens (including phenoxy) is 1. The van der Waals surface area contributed by atoms with Gasteiger partial charge in [0.2, 0.25) is 0 Å². The molecule has 1 aliphatic heterocycles. The second kappa shape index (κ2) is 5.53. The standard InChI is InChI=1S/C13H17N3O2/c1-16-8-4-7-12(16)15-13(17)14-10-5-3-6-11(9-10)18-2/h3,5-6,9H,4,7-8H2,1-2H3,(H,14,17)/b15-12+. The Labute approximate surface area is 106 Å². The summed E-state index contributed by atoms with van der Waals surface area (Å²) >= 11 is 0. The summed E-state index contributed by atoms with van der Waals surface area (Å²) in [5.74, 6) is 1.55. The van der Waals surface area contributed by atoms with Crippen molar-refractivity contribution >= 4 is 17.6 Å². The second-order valence-corrected chi connectivity index (χ2v) is 4.22. The van der Waals surface area contributed by atoms with Crippen LogP contribution in [0.25, 0.3) is 0 Å². The van der Waals surface area contributed by atoms with Crippen LogP contribution in [-0.4, -0.2) is 37.5 Å². The molecule has 1 N–H and O–H groups in total. The molecule has 1 heterocycles. The summed E-state index contributed by atoms with van der Waals surface area (Å²) in [6, 6.07) is 6.87. The van der Waals surface area contributed by atoms with Crippen LogP contribution in [0.5, 0.6) is 5.75 Å². The van der Waals surface area contributed by atoms with Crippen molar-refractivity contribution in [1.29, 1.82) is 0 Å². The fraction of sp³-hybridized carbons (Fsp3) is 0.385. The van der Waals surface area contributed by atoms with Gasteiger partial charge in [0.15, 0.2) is 0 Å². The van der Waals surface area contributed by atoms with Crippen molar-refractivity contribution in [3.63, 3.8) is 0 Å². The zero-order chi connectivity index (χ0) is 13.0. The van der Waals surface area contributed by atoms with Crippen molar-refractivity contribution in [2.24, 2.45) is 4.99 Å². The third-order valence-corrected chi connectivity index (χ3v) is 2.89. The van der Waals surface area contributed by atoms with Gasteiger partial charge >= 0.3 is 6.03 Å². The van der Waals surface area contributed by atoms with Crippen LogP contribution in [0, 0.1) is 0 Å². The number of rotatable bonds is 2. The van der Waals surface area contributed by atoms with E-state index in [-0.39, 0.29) is 6.03 Å². The van der Waals surface area contributed by atoms with Gasteiger partial charge in [0.05, 0.1) is 7.11 Å². The molecule has 5 heteroatoms. The Hall–Kier alpha value is -2.04. The number of likely N-dealkylation sites (tertiary alicyclic amines) is 1. The molecule has 2 rings (SSSR count). The first-order chi connectivity index (χ1) is 8.69.